The van der Waals surface area contributed by atoms with Gasteiger partial charge < -0.3 is 4.98 Å². The minimum Gasteiger partial charge on any atom is -0.348 e. The van der Waals surface area contributed by atoms with E-state index in [1.54, 1.807) is 6.33 Å². The van der Waals surface area contributed by atoms with Gasteiger partial charge in [0, 0.05) is 49.4 Å². The van der Waals surface area contributed by atoms with Gasteiger partial charge in [0.2, 0.25) is 0 Å². The molecule has 5 rings (SSSR count). The van der Waals surface area contributed by atoms with Crippen LogP contribution in [0, 0.1) is 11.3 Å². The summed E-state index contributed by atoms with van der Waals surface area (Å²) < 4.78 is 2.04. The number of imidazole rings is 1. The summed E-state index contributed by atoms with van der Waals surface area (Å²) in [4.78, 5) is 10.4. The molecule has 0 spiro atoms. The van der Waals surface area contributed by atoms with Crippen LogP contribution in [-0.2, 0) is 20.0 Å². The number of nitriles is 1. The van der Waals surface area contributed by atoms with Crippen molar-refractivity contribution < 1.29 is 0 Å². The first kappa shape index (κ1) is 16.3. The van der Waals surface area contributed by atoms with Gasteiger partial charge in [0.1, 0.15) is 0 Å². The van der Waals surface area contributed by atoms with E-state index in [9.17, 15) is 5.26 Å². The molecule has 1 aliphatic carbocycles. The Morgan fingerprint density at radius 2 is 2.22 bits per heavy atom. The minimum absolute atomic E-state index is 0.0561. The molecule has 0 amide bonds. The zero-order valence-electron chi connectivity index (χ0n) is 15.4. The zero-order chi connectivity index (χ0) is 18.4. The number of benzene rings is 1. The van der Waals surface area contributed by atoms with E-state index in [1.165, 1.54) is 29.8 Å². The van der Waals surface area contributed by atoms with Crippen molar-refractivity contribution >= 4 is 0 Å². The Balaban J connectivity index is 1.54. The lowest BCUT2D eigenvalue weighted by molar-refractivity contribution is 0.199. The lowest BCUT2D eigenvalue weighted by Crippen LogP contribution is -2.36. The van der Waals surface area contributed by atoms with Crippen molar-refractivity contribution in [3.05, 3.63) is 70.6 Å². The number of aryl methyl sites for hydroxylation is 1. The van der Waals surface area contributed by atoms with Crippen LogP contribution in [0.3, 0.4) is 0 Å². The van der Waals surface area contributed by atoms with Gasteiger partial charge in [0.05, 0.1) is 35.9 Å². The zero-order valence-corrected chi connectivity index (χ0v) is 15.4. The number of aromatic amines is 1. The van der Waals surface area contributed by atoms with Crippen LogP contribution in [0.1, 0.15) is 58.6 Å². The number of hydrogen-bond donors (Lipinski definition) is 1. The summed E-state index contributed by atoms with van der Waals surface area (Å²) in [5.74, 6) is 0.665. The number of fused-ring (bicyclic) bond motifs is 1. The number of nitrogens with zero attached hydrogens (tertiary/aromatic N) is 5. The first-order valence-electron chi connectivity index (χ1n) is 9.51. The highest BCUT2D eigenvalue weighted by Crippen LogP contribution is 2.42. The molecule has 2 aliphatic rings. The Morgan fingerprint density at radius 1 is 1.33 bits per heavy atom. The molecule has 1 aromatic carbocycles. The van der Waals surface area contributed by atoms with Crippen molar-refractivity contribution in [2.24, 2.45) is 7.05 Å². The third-order valence-electron chi connectivity index (χ3n) is 5.76. The van der Waals surface area contributed by atoms with Gasteiger partial charge in [0.15, 0.2) is 0 Å². The van der Waals surface area contributed by atoms with Gasteiger partial charge in [-0.1, -0.05) is 12.1 Å². The number of aromatic nitrogens is 4. The Bertz CT molecular complexity index is 1020. The Kier molecular flexibility index (Phi) is 3.83. The summed E-state index contributed by atoms with van der Waals surface area (Å²) in [6.07, 6.45) is 7.31. The lowest BCUT2D eigenvalue weighted by Gasteiger charge is -2.35. The van der Waals surface area contributed by atoms with Crippen LogP contribution in [0.2, 0.25) is 0 Å². The van der Waals surface area contributed by atoms with Gasteiger partial charge in [0.25, 0.3) is 0 Å². The normalized spacial score (nSPS) is 19.6. The number of nitrogens with one attached hydrogen (secondary N) is 1. The molecule has 1 saturated carbocycles. The summed E-state index contributed by atoms with van der Waals surface area (Å²) in [7, 11) is 2.05. The molecule has 27 heavy (non-hydrogen) atoms. The smallest absolute Gasteiger partial charge is 0.0991 e. The molecule has 6 heteroatoms. The molecule has 1 atom stereocenters. The van der Waals surface area contributed by atoms with E-state index in [4.69, 9.17) is 0 Å². The first-order chi connectivity index (χ1) is 13.2. The monoisotopic (exact) mass is 358 g/mol. The predicted molar refractivity (Wildman–Crippen MR) is 101 cm³/mol. The second kappa shape index (κ2) is 6.36. The third kappa shape index (κ3) is 2.84. The molecule has 3 aromatic rings. The van der Waals surface area contributed by atoms with E-state index in [-0.39, 0.29) is 6.04 Å². The fraction of sp³-hybridized carbons (Fsp3) is 0.381. The maximum atomic E-state index is 9.33. The number of rotatable bonds is 4. The molecule has 3 heterocycles. The molecule has 136 valence electrons. The predicted octanol–water partition coefficient (Wildman–Crippen LogP) is 3.04. The van der Waals surface area contributed by atoms with Crippen LogP contribution >= 0.6 is 0 Å². The van der Waals surface area contributed by atoms with Crippen LogP contribution in [0.25, 0.3) is 0 Å². The SMILES string of the molecule is Cn1ncc(CN2CCc3[nH]cnc3[C@@H]2c2cccc(C#N)c2)c1C1CC1. The topological polar surface area (TPSA) is 73.5 Å². The highest BCUT2D eigenvalue weighted by molar-refractivity contribution is 5.39. The molecule has 1 aliphatic heterocycles. The third-order valence-corrected chi connectivity index (χ3v) is 5.76. The molecule has 6 nitrogen and oxygen atoms in total. The standard InChI is InChI=1S/C21H22N6/c1-26-20(15-5-6-15)17(11-25-26)12-27-8-7-18-19(24-13-23-18)21(27)16-4-2-3-14(9-16)10-22/h2-4,9,11,13,15,21H,5-8,12H2,1H3,(H,23,24)/t21-/m0/s1. The minimum atomic E-state index is 0.0561. The average molecular weight is 358 g/mol. The van der Waals surface area contributed by atoms with E-state index in [0.717, 1.165) is 30.8 Å². The molecular formula is C21H22N6. The van der Waals surface area contributed by atoms with Crippen LogP contribution < -0.4 is 0 Å². The van der Waals surface area contributed by atoms with Crippen molar-refractivity contribution in [3.63, 3.8) is 0 Å². The summed E-state index contributed by atoms with van der Waals surface area (Å²) in [5.41, 5.74) is 6.79. The molecule has 1 fully saturated rings. The Morgan fingerprint density at radius 3 is 3.04 bits per heavy atom. The van der Waals surface area contributed by atoms with E-state index in [0.29, 0.717) is 11.5 Å². The molecule has 0 bridgehead atoms. The van der Waals surface area contributed by atoms with Crippen molar-refractivity contribution in [1.82, 2.24) is 24.6 Å². The highest BCUT2D eigenvalue weighted by atomic mass is 15.3. The van der Waals surface area contributed by atoms with Crippen LogP contribution in [0.15, 0.2) is 36.8 Å². The molecular weight excluding hydrogens is 336 g/mol. The van der Waals surface area contributed by atoms with E-state index in [1.807, 2.05) is 36.1 Å². The fourth-order valence-corrected chi connectivity index (χ4v) is 4.36. The van der Waals surface area contributed by atoms with Crippen LogP contribution in [-0.4, -0.2) is 31.2 Å². The second-order valence-corrected chi connectivity index (χ2v) is 7.58. The van der Waals surface area contributed by atoms with Gasteiger partial charge in [-0.15, -0.1) is 0 Å². The second-order valence-electron chi connectivity index (χ2n) is 7.58. The largest absolute Gasteiger partial charge is 0.348 e. The van der Waals surface area contributed by atoms with Crippen LogP contribution in [0.4, 0.5) is 0 Å². The first-order valence-corrected chi connectivity index (χ1v) is 9.51. The Labute approximate surface area is 158 Å². The van der Waals surface area contributed by atoms with Gasteiger partial charge in [-0.2, -0.15) is 10.4 Å². The van der Waals surface area contributed by atoms with Crippen molar-refractivity contribution in [2.45, 2.75) is 37.8 Å². The molecule has 0 saturated heterocycles. The maximum absolute atomic E-state index is 9.33. The lowest BCUT2D eigenvalue weighted by atomic mass is 9.94. The van der Waals surface area contributed by atoms with Gasteiger partial charge in [-0.25, -0.2) is 4.98 Å². The van der Waals surface area contributed by atoms with E-state index < -0.39 is 0 Å². The van der Waals surface area contributed by atoms with Gasteiger partial charge >= 0.3 is 0 Å². The average Bonchev–Trinajstić information content (AvgIpc) is 3.29. The maximum Gasteiger partial charge on any atom is 0.0991 e. The van der Waals surface area contributed by atoms with Gasteiger partial charge in [-0.05, 0) is 30.5 Å². The molecule has 0 unspecified atom stereocenters. The van der Waals surface area contributed by atoms with E-state index in [2.05, 4.69) is 32.1 Å². The van der Waals surface area contributed by atoms with E-state index >= 15 is 0 Å². The summed E-state index contributed by atoms with van der Waals surface area (Å²) >= 11 is 0. The Hall–Kier alpha value is -2.91. The van der Waals surface area contributed by atoms with Crippen molar-refractivity contribution in [1.29, 1.82) is 5.26 Å². The summed E-state index contributed by atoms with van der Waals surface area (Å²) in [6, 6.07) is 10.2. The van der Waals surface area contributed by atoms with Crippen LogP contribution in [0.5, 0.6) is 0 Å². The van der Waals surface area contributed by atoms with Crippen molar-refractivity contribution in [3.8, 4) is 6.07 Å². The number of hydrogen-bond acceptors (Lipinski definition) is 4. The van der Waals surface area contributed by atoms with Crippen molar-refractivity contribution in [2.75, 3.05) is 6.54 Å². The molecule has 1 N–H and O–H groups in total. The highest BCUT2D eigenvalue weighted by Gasteiger charge is 2.34. The summed E-state index contributed by atoms with van der Waals surface area (Å²) in [6.45, 7) is 1.81. The van der Waals surface area contributed by atoms with Gasteiger partial charge in [-0.3, -0.25) is 9.58 Å². The quantitative estimate of drug-likeness (QED) is 0.778. The number of H-pyrrole nitrogens is 1. The molecule has 0 radical (unpaired) electrons. The molecule has 2 aromatic heterocycles. The summed E-state index contributed by atoms with van der Waals surface area (Å²) in [5, 5.41) is 13.9. The fourth-order valence-electron chi connectivity index (χ4n) is 4.36.